The molecule has 0 spiro atoms. The Morgan fingerprint density at radius 2 is 2.06 bits per heavy atom. The summed E-state index contributed by atoms with van der Waals surface area (Å²) in [4.78, 5) is 24.5. The molecular formula is C11H18ClNO4. The summed E-state index contributed by atoms with van der Waals surface area (Å²) in [7, 11) is 0. The van der Waals surface area contributed by atoms with Crippen LogP contribution < -0.4 is 0 Å². The van der Waals surface area contributed by atoms with E-state index in [1.54, 1.807) is 20.8 Å². The molecule has 0 aromatic carbocycles. The molecule has 98 valence electrons. The first kappa shape index (κ1) is 14.1. The number of halogens is 1. The number of amides is 1. The summed E-state index contributed by atoms with van der Waals surface area (Å²) in [6, 6.07) is 0. The van der Waals surface area contributed by atoms with Gasteiger partial charge in [-0.3, -0.25) is 4.90 Å². The Morgan fingerprint density at radius 1 is 1.47 bits per heavy atom. The minimum absolute atomic E-state index is 0.123. The first-order valence-electron chi connectivity index (χ1n) is 5.53. The molecule has 1 amide bonds. The summed E-state index contributed by atoms with van der Waals surface area (Å²) in [5, 5.41) is 9.25. The van der Waals surface area contributed by atoms with E-state index in [0.717, 1.165) is 0 Å². The van der Waals surface area contributed by atoms with E-state index in [0.29, 0.717) is 19.4 Å². The molecule has 0 aromatic rings. The molecule has 0 radical (unpaired) electrons. The van der Waals surface area contributed by atoms with E-state index in [-0.39, 0.29) is 5.88 Å². The van der Waals surface area contributed by atoms with Crippen LogP contribution in [0.4, 0.5) is 4.79 Å². The molecule has 0 unspecified atom stereocenters. The van der Waals surface area contributed by atoms with Gasteiger partial charge >= 0.3 is 12.1 Å². The van der Waals surface area contributed by atoms with Crippen LogP contribution in [0.1, 0.15) is 33.6 Å². The van der Waals surface area contributed by atoms with Crippen LogP contribution in [-0.4, -0.2) is 45.6 Å². The number of rotatable bonds is 2. The van der Waals surface area contributed by atoms with E-state index in [1.807, 2.05) is 0 Å². The lowest BCUT2D eigenvalue weighted by Crippen LogP contribution is -2.55. The number of nitrogens with zero attached hydrogens (tertiary/aromatic N) is 1. The molecule has 1 N–H and O–H groups in total. The second kappa shape index (κ2) is 4.72. The number of carbonyl (C=O) groups excluding carboxylic acids is 1. The van der Waals surface area contributed by atoms with E-state index < -0.39 is 23.2 Å². The van der Waals surface area contributed by atoms with Gasteiger partial charge in [0.25, 0.3) is 0 Å². The molecular weight excluding hydrogens is 246 g/mol. The van der Waals surface area contributed by atoms with Crippen LogP contribution in [0.15, 0.2) is 0 Å². The lowest BCUT2D eigenvalue weighted by molar-refractivity contribution is -0.148. The Kier molecular flexibility index (Phi) is 3.91. The average molecular weight is 264 g/mol. The van der Waals surface area contributed by atoms with Gasteiger partial charge in [-0.2, -0.15) is 0 Å². The summed E-state index contributed by atoms with van der Waals surface area (Å²) in [5.41, 5.74) is -1.96. The van der Waals surface area contributed by atoms with Crippen molar-refractivity contribution in [1.82, 2.24) is 4.90 Å². The molecule has 1 aliphatic rings. The van der Waals surface area contributed by atoms with E-state index >= 15 is 0 Å². The Morgan fingerprint density at radius 3 is 2.47 bits per heavy atom. The zero-order valence-corrected chi connectivity index (χ0v) is 11.1. The monoisotopic (exact) mass is 263 g/mol. The number of alkyl halides is 1. The molecule has 0 bridgehead atoms. The molecule has 6 heteroatoms. The van der Waals surface area contributed by atoms with Gasteiger partial charge in [-0.05, 0) is 33.6 Å². The minimum Gasteiger partial charge on any atom is -0.479 e. The molecule has 1 rings (SSSR count). The minimum atomic E-state index is -1.32. The van der Waals surface area contributed by atoms with E-state index in [9.17, 15) is 14.7 Å². The highest BCUT2D eigenvalue weighted by atomic mass is 35.5. The Hall–Kier alpha value is -0.970. The van der Waals surface area contributed by atoms with Crippen LogP contribution in [0.5, 0.6) is 0 Å². The zero-order chi connectivity index (χ0) is 13.3. The van der Waals surface area contributed by atoms with Crippen LogP contribution in [0.2, 0.25) is 0 Å². The second-order valence-corrected chi connectivity index (χ2v) is 5.47. The molecule has 1 heterocycles. The third kappa shape index (κ3) is 2.83. The van der Waals surface area contributed by atoms with Gasteiger partial charge in [0.2, 0.25) is 0 Å². The molecule has 5 nitrogen and oxygen atoms in total. The quantitative estimate of drug-likeness (QED) is 0.775. The smallest absolute Gasteiger partial charge is 0.411 e. The number of hydrogen-bond acceptors (Lipinski definition) is 3. The van der Waals surface area contributed by atoms with Crippen LogP contribution in [-0.2, 0) is 9.53 Å². The van der Waals surface area contributed by atoms with E-state index in [4.69, 9.17) is 16.3 Å². The molecule has 1 atom stereocenters. The van der Waals surface area contributed by atoms with Gasteiger partial charge in [-0.1, -0.05) is 0 Å². The lowest BCUT2D eigenvalue weighted by atomic mass is 9.99. The fourth-order valence-electron chi connectivity index (χ4n) is 1.88. The standard InChI is InChI=1S/C11H18ClNO4/c1-10(2,3)17-9(16)13-6-4-5-11(13,7-12)8(14)15/h4-7H2,1-3H3,(H,14,15)/t11-/m1/s1. The SMILES string of the molecule is CC(C)(C)OC(=O)N1CCC[C@@]1(CCl)C(=O)O. The highest BCUT2D eigenvalue weighted by Crippen LogP contribution is 2.32. The molecule has 17 heavy (non-hydrogen) atoms. The van der Waals surface area contributed by atoms with Crippen molar-refractivity contribution >= 4 is 23.7 Å². The van der Waals surface area contributed by atoms with Gasteiger partial charge in [0, 0.05) is 6.54 Å². The zero-order valence-electron chi connectivity index (χ0n) is 10.3. The highest BCUT2D eigenvalue weighted by Gasteiger charge is 2.50. The van der Waals surface area contributed by atoms with Crippen molar-refractivity contribution in [2.45, 2.75) is 44.8 Å². The van der Waals surface area contributed by atoms with E-state index in [2.05, 4.69) is 0 Å². The maximum absolute atomic E-state index is 11.9. The maximum Gasteiger partial charge on any atom is 0.411 e. The first-order valence-corrected chi connectivity index (χ1v) is 6.06. The van der Waals surface area contributed by atoms with Crippen LogP contribution in [0, 0.1) is 0 Å². The molecule has 1 aliphatic heterocycles. The van der Waals surface area contributed by atoms with Gasteiger partial charge < -0.3 is 9.84 Å². The Labute approximate surface area is 106 Å². The summed E-state index contributed by atoms with van der Waals surface area (Å²) >= 11 is 5.74. The van der Waals surface area contributed by atoms with Crippen molar-refractivity contribution in [2.75, 3.05) is 12.4 Å². The number of ether oxygens (including phenoxy) is 1. The lowest BCUT2D eigenvalue weighted by Gasteiger charge is -2.34. The van der Waals surface area contributed by atoms with Crippen molar-refractivity contribution in [3.8, 4) is 0 Å². The van der Waals surface area contributed by atoms with E-state index in [1.165, 1.54) is 4.90 Å². The fourth-order valence-corrected chi connectivity index (χ4v) is 2.27. The Bertz CT molecular complexity index is 326. The predicted octanol–water partition coefficient (Wildman–Crippen LogP) is 2.08. The average Bonchev–Trinajstić information content (AvgIpc) is 2.59. The van der Waals surface area contributed by atoms with Crippen molar-refractivity contribution in [3.05, 3.63) is 0 Å². The molecule has 1 fully saturated rings. The second-order valence-electron chi connectivity index (χ2n) is 5.21. The summed E-state index contributed by atoms with van der Waals surface area (Å²) in [6.07, 6.45) is 0.377. The van der Waals surface area contributed by atoms with Crippen molar-refractivity contribution in [3.63, 3.8) is 0 Å². The molecule has 0 aromatic heterocycles. The van der Waals surface area contributed by atoms with Gasteiger partial charge in [-0.15, -0.1) is 11.6 Å². The number of likely N-dealkylation sites (tertiary alicyclic amines) is 1. The molecule has 1 saturated heterocycles. The van der Waals surface area contributed by atoms with Crippen molar-refractivity contribution in [1.29, 1.82) is 0 Å². The summed E-state index contributed by atoms with van der Waals surface area (Å²) in [5.74, 6) is -1.20. The molecule has 0 saturated carbocycles. The third-order valence-corrected chi connectivity index (χ3v) is 3.16. The number of hydrogen-bond donors (Lipinski definition) is 1. The summed E-state index contributed by atoms with van der Waals surface area (Å²) in [6.45, 7) is 5.59. The number of carbonyl (C=O) groups is 2. The molecule has 0 aliphatic carbocycles. The normalized spacial score (nSPS) is 24.8. The number of aliphatic carboxylic acids is 1. The van der Waals surface area contributed by atoms with Gasteiger partial charge in [0.05, 0.1) is 5.88 Å². The Balaban J connectivity index is 2.89. The third-order valence-electron chi connectivity index (χ3n) is 2.72. The topological polar surface area (TPSA) is 66.8 Å². The number of carboxylic acids is 1. The largest absolute Gasteiger partial charge is 0.479 e. The van der Waals surface area contributed by atoms with Crippen LogP contribution in [0.3, 0.4) is 0 Å². The van der Waals surface area contributed by atoms with Crippen molar-refractivity contribution in [2.24, 2.45) is 0 Å². The van der Waals surface area contributed by atoms with Crippen LogP contribution >= 0.6 is 11.6 Å². The van der Waals surface area contributed by atoms with Gasteiger partial charge in [0.15, 0.2) is 5.54 Å². The highest BCUT2D eigenvalue weighted by molar-refractivity contribution is 6.20. The fraction of sp³-hybridized carbons (Fsp3) is 0.818. The first-order chi connectivity index (χ1) is 7.73. The predicted molar refractivity (Wildman–Crippen MR) is 63.3 cm³/mol. The number of carboxylic acid groups (broad SMARTS) is 1. The maximum atomic E-state index is 11.9. The van der Waals surface area contributed by atoms with Crippen LogP contribution in [0.25, 0.3) is 0 Å². The van der Waals surface area contributed by atoms with Gasteiger partial charge in [-0.25, -0.2) is 9.59 Å². The van der Waals surface area contributed by atoms with Crippen molar-refractivity contribution < 1.29 is 19.4 Å². The summed E-state index contributed by atoms with van der Waals surface area (Å²) < 4.78 is 5.19. The van der Waals surface area contributed by atoms with Gasteiger partial charge in [0.1, 0.15) is 5.60 Å².